The molecule has 0 aromatic rings. The highest BCUT2D eigenvalue weighted by Gasteiger charge is 2.36. The van der Waals surface area contributed by atoms with Crippen LogP contribution in [0.3, 0.4) is 0 Å². The first-order valence-electron chi connectivity index (χ1n) is 9.36. The molecule has 0 bridgehead atoms. The molecule has 0 amide bonds. The molecule has 0 radical (unpaired) electrons. The summed E-state index contributed by atoms with van der Waals surface area (Å²) in [6.07, 6.45) is 14.8. The second-order valence-corrected chi connectivity index (χ2v) is 7.46. The maximum Gasteiger partial charge on any atom is 0.0223 e. The molecular weight excluding hydrogens is 244 g/mol. The Labute approximate surface area is 125 Å². The number of likely N-dealkylation sites (tertiary alicyclic amines) is 1. The highest BCUT2D eigenvalue weighted by atomic mass is 15.2. The van der Waals surface area contributed by atoms with Crippen LogP contribution in [0.2, 0.25) is 0 Å². The van der Waals surface area contributed by atoms with Gasteiger partial charge in [0, 0.05) is 18.6 Å². The zero-order valence-corrected chi connectivity index (χ0v) is 13.4. The van der Waals surface area contributed by atoms with E-state index in [-0.39, 0.29) is 0 Å². The van der Waals surface area contributed by atoms with E-state index in [1.165, 1.54) is 77.3 Å². The van der Waals surface area contributed by atoms with Crippen molar-refractivity contribution >= 4 is 0 Å². The van der Waals surface area contributed by atoms with E-state index in [0.717, 1.165) is 30.5 Å². The molecule has 1 heterocycles. The smallest absolute Gasteiger partial charge is 0.0223 e. The zero-order chi connectivity index (χ0) is 13.8. The third-order valence-corrected chi connectivity index (χ3v) is 6.22. The fraction of sp³-hybridized carbons (Fsp3) is 1.00. The molecule has 3 rings (SSSR count). The van der Waals surface area contributed by atoms with E-state index in [2.05, 4.69) is 17.1 Å². The van der Waals surface area contributed by atoms with Crippen molar-refractivity contribution in [1.82, 2.24) is 10.2 Å². The van der Waals surface area contributed by atoms with E-state index in [1.807, 2.05) is 0 Å². The van der Waals surface area contributed by atoms with Gasteiger partial charge in [0.25, 0.3) is 0 Å². The van der Waals surface area contributed by atoms with Crippen LogP contribution < -0.4 is 5.32 Å². The minimum Gasteiger partial charge on any atom is -0.313 e. The monoisotopic (exact) mass is 278 g/mol. The normalized spacial score (nSPS) is 34.0. The molecule has 1 aliphatic heterocycles. The SMILES string of the molecule is CCNC(CN1CCCC2CCCC21)C1CCCCC1. The summed E-state index contributed by atoms with van der Waals surface area (Å²) in [5, 5.41) is 3.84. The Morgan fingerprint density at radius 1 is 0.950 bits per heavy atom. The number of nitrogens with zero attached hydrogens (tertiary/aromatic N) is 1. The third kappa shape index (κ3) is 3.39. The van der Waals surface area contributed by atoms with E-state index >= 15 is 0 Å². The maximum atomic E-state index is 3.84. The molecule has 0 aromatic carbocycles. The Kier molecular flexibility index (Phi) is 5.39. The van der Waals surface area contributed by atoms with Crippen LogP contribution in [0.25, 0.3) is 0 Å². The Hall–Kier alpha value is -0.0800. The van der Waals surface area contributed by atoms with Crippen molar-refractivity contribution in [2.45, 2.75) is 83.2 Å². The molecule has 3 aliphatic rings. The highest BCUT2D eigenvalue weighted by Crippen LogP contribution is 2.37. The summed E-state index contributed by atoms with van der Waals surface area (Å²) in [6.45, 7) is 6.13. The first kappa shape index (κ1) is 14.8. The molecule has 2 heteroatoms. The van der Waals surface area contributed by atoms with Crippen LogP contribution in [0.1, 0.15) is 71.1 Å². The van der Waals surface area contributed by atoms with E-state index in [0.29, 0.717) is 0 Å². The lowest BCUT2D eigenvalue weighted by atomic mass is 9.82. The fourth-order valence-corrected chi connectivity index (χ4v) is 5.22. The van der Waals surface area contributed by atoms with E-state index in [4.69, 9.17) is 0 Å². The Bertz CT molecular complexity index is 285. The zero-order valence-electron chi connectivity index (χ0n) is 13.4. The Morgan fingerprint density at radius 2 is 1.75 bits per heavy atom. The molecule has 2 aliphatic carbocycles. The highest BCUT2D eigenvalue weighted by molar-refractivity contribution is 4.92. The molecule has 1 N–H and O–H groups in total. The van der Waals surface area contributed by atoms with E-state index < -0.39 is 0 Å². The lowest BCUT2D eigenvalue weighted by molar-refractivity contribution is 0.0857. The number of hydrogen-bond donors (Lipinski definition) is 1. The summed E-state index contributed by atoms with van der Waals surface area (Å²) >= 11 is 0. The van der Waals surface area contributed by atoms with Crippen molar-refractivity contribution in [3.05, 3.63) is 0 Å². The molecule has 3 atom stereocenters. The van der Waals surface area contributed by atoms with Gasteiger partial charge in [0.2, 0.25) is 0 Å². The van der Waals surface area contributed by atoms with Gasteiger partial charge in [0.1, 0.15) is 0 Å². The lowest BCUT2D eigenvalue weighted by Gasteiger charge is -2.42. The first-order valence-corrected chi connectivity index (χ1v) is 9.36. The van der Waals surface area contributed by atoms with Gasteiger partial charge < -0.3 is 5.32 Å². The second kappa shape index (κ2) is 7.26. The number of piperidine rings is 1. The fourth-order valence-electron chi connectivity index (χ4n) is 5.22. The number of rotatable bonds is 5. The number of fused-ring (bicyclic) bond motifs is 1. The molecule has 2 saturated carbocycles. The standard InChI is InChI=1S/C18H34N2/c1-2-19-17(15-8-4-3-5-9-15)14-20-13-7-11-16-10-6-12-18(16)20/h15-19H,2-14H2,1H3. The van der Waals surface area contributed by atoms with Crippen LogP contribution in [0, 0.1) is 11.8 Å². The molecule has 3 unspecified atom stereocenters. The largest absolute Gasteiger partial charge is 0.313 e. The quantitative estimate of drug-likeness (QED) is 0.822. The molecular formula is C18H34N2. The van der Waals surface area contributed by atoms with E-state index in [1.54, 1.807) is 0 Å². The first-order chi connectivity index (χ1) is 9.88. The average molecular weight is 278 g/mol. The maximum absolute atomic E-state index is 3.84. The topological polar surface area (TPSA) is 15.3 Å². The average Bonchev–Trinajstić information content (AvgIpc) is 2.97. The molecule has 2 nitrogen and oxygen atoms in total. The third-order valence-electron chi connectivity index (χ3n) is 6.22. The van der Waals surface area contributed by atoms with Crippen LogP contribution >= 0.6 is 0 Å². The Morgan fingerprint density at radius 3 is 2.55 bits per heavy atom. The molecule has 0 spiro atoms. The summed E-state index contributed by atoms with van der Waals surface area (Å²) in [5.41, 5.74) is 0. The second-order valence-electron chi connectivity index (χ2n) is 7.46. The summed E-state index contributed by atoms with van der Waals surface area (Å²) in [7, 11) is 0. The van der Waals surface area contributed by atoms with Crippen molar-refractivity contribution in [3.8, 4) is 0 Å². The minimum atomic E-state index is 0.764. The van der Waals surface area contributed by atoms with Crippen molar-refractivity contribution in [2.75, 3.05) is 19.6 Å². The van der Waals surface area contributed by atoms with Gasteiger partial charge in [-0.05, 0) is 63.5 Å². The van der Waals surface area contributed by atoms with Gasteiger partial charge in [0.05, 0.1) is 0 Å². The van der Waals surface area contributed by atoms with Gasteiger partial charge in [0.15, 0.2) is 0 Å². The summed E-state index contributed by atoms with van der Waals surface area (Å²) in [6, 6.07) is 1.70. The summed E-state index contributed by atoms with van der Waals surface area (Å²) in [4.78, 5) is 2.88. The van der Waals surface area contributed by atoms with Gasteiger partial charge in [-0.3, -0.25) is 4.90 Å². The molecule has 0 aromatic heterocycles. The summed E-state index contributed by atoms with van der Waals surface area (Å²) in [5.74, 6) is 1.99. The van der Waals surface area contributed by atoms with Crippen LogP contribution in [-0.4, -0.2) is 36.6 Å². The van der Waals surface area contributed by atoms with Gasteiger partial charge in [-0.1, -0.05) is 32.6 Å². The molecule has 116 valence electrons. The van der Waals surface area contributed by atoms with E-state index in [9.17, 15) is 0 Å². The predicted octanol–water partition coefficient (Wildman–Crippen LogP) is 3.81. The van der Waals surface area contributed by atoms with Crippen molar-refractivity contribution in [3.63, 3.8) is 0 Å². The molecule has 3 fully saturated rings. The lowest BCUT2D eigenvalue weighted by Crippen LogP contribution is -2.51. The number of hydrogen-bond acceptors (Lipinski definition) is 2. The van der Waals surface area contributed by atoms with Crippen LogP contribution in [0.4, 0.5) is 0 Å². The molecule has 1 saturated heterocycles. The van der Waals surface area contributed by atoms with Gasteiger partial charge >= 0.3 is 0 Å². The Balaban J connectivity index is 1.59. The van der Waals surface area contributed by atoms with Crippen molar-refractivity contribution in [2.24, 2.45) is 11.8 Å². The van der Waals surface area contributed by atoms with Crippen molar-refractivity contribution < 1.29 is 0 Å². The van der Waals surface area contributed by atoms with Gasteiger partial charge in [-0.15, -0.1) is 0 Å². The number of nitrogens with one attached hydrogen (secondary N) is 1. The minimum absolute atomic E-state index is 0.764. The van der Waals surface area contributed by atoms with Crippen molar-refractivity contribution in [1.29, 1.82) is 0 Å². The molecule has 20 heavy (non-hydrogen) atoms. The van der Waals surface area contributed by atoms with Crippen LogP contribution in [-0.2, 0) is 0 Å². The predicted molar refractivity (Wildman–Crippen MR) is 86.0 cm³/mol. The summed E-state index contributed by atoms with van der Waals surface area (Å²) < 4.78 is 0. The van der Waals surface area contributed by atoms with Gasteiger partial charge in [-0.25, -0.2) is 0 Å². The number of likely N-dealkylation sites (N-methyl/N-ethyl adjacent to an activating group) is 1. The van der Waals surface area contributed by atoms with Crippen LogP contribution in [0.5, 0.6) is 0 Å². The van der Waals surface area contributed by atoms with Gasteiger partial charge in [-0.2, -0.15) is 0 Å². The van der Waals surface area contributed by atoms with Crippen LogP contribution in [0.15, 0.2) is 0 Å².